The molecule has 0 atom stereocenters. The number of amides is 1. The van der Waals surface area contributed by atoms with E-state index >= 15 is 0 Å². The van der Waals surface area contributed by atoms with Crippen molar-refractivity contribution >= 4 is 46.6 Å². The lowest BCUT2D eigenvalue weighted by Gasteiger charge is -2.36. The predicted octanol–water partition coefficient (Wildman–Crippen LogP) is 7.23. The Hall–Kier alpha value is -3.51. The van der Waals surface area contributed by atoms with Gasteiger partial charge in [0, 0.05) is 55.7 Å². The molecule has 0 bridgehead atoms. The van der Waals surface area contributed by atoms with E-state index in [-0.39, 0.29) is 5.91 Å². The number of carbonyl (C=O) groups is 1. The molecule has 0 aliphatic carbocycles. The van der Waals surface area contributed by atoms with E-state index in [1.54, 1.807) is 24.3 Å². The lowest BCUT2D eigenvalue weighted by Crippen LogP contribution is -2.45. The Morgan fingerprint density at radius 3 is 2.38 bits per heavy atom. The van der Waals surface area contributed by atoms with Crippen molar-refractivity contribution in [1.82, 2.24) is 4.90 Å². The number of piperazine rings is 1. The highest BCUT2D eigenvalue weighted by Crippen LogP contribution is 2.34. The minimum absolute atomic E-state index is 0.235. The average Bonchev–Trinajstić information content (AvgIpc) is 3.39. The van der Waals surface area contributed by atoms with Gasteiger partial charge in [0.25, 0.3) is 0 Å². The Bertz CT molecular complexity index is 1380. The lowest BCUT2D eigenvalue weighted by molar-refractivity contribution is -0.111. The van der Waals surface area contributed by atoms with Gasteiger partial charge in [-0.3, -0.25) is 9.69 Å². The van der Waals surface area contributed by atoms with Crippen LogP contribution in [0.4, 0.5) is 11.4 Å². The standard InChI is InChI=1S/C30H27Cl2N3O2/c31-27-8-4-7-26(30(27)32)28-15-13-25(37-28)14-16-29(36)33-23-9-11-24(12-10-23)35-19-17-34(18-20-35)21-22-5-2-1-3-6-22/h1-16H,17-21H2,(H,33,36)/b16-14+. The first-order valence-corrected chi connectivity index (χ1v) is 13.0. The van der Waals surface area contributed by atoms with Gasteiger partial charge in [-0.1, -0.05) is 59.6 Å². The number of benzene rings is 3. The van der Waals surface area contributed by atoms with E-state index in [0.29, 0.717) is 27.1 Å². The van der Waals surface area contributed by atoms with Gasteiger partial charge in [-0.25, -0.2) is 0 Å². The molecule has 1 aliphatic heterocycles. The van der Waals surface area contributed by atoms with Crippen molar-refractivity contribution in [3.8, 4) is 11.3 Å². The minimum Gasteiger partial charge on any atom is -0.457 e. The van der Waals surface area contributed by atoms with Crippen molar-refractivity contribution in [2.45, 2.75) is 6.54 Å². The average molecular weight is 532 g/mol. The number of anilines is 2. The van der Waals surface area contributed by atoms with Gasteiger partial charge in [0.1, 0.15) is 11.5 Å². The predicted molar refractivity (Wildman–Crippen MR) is 152 cm³/mol. The smallest absolute Gasteiger partial charge is 0.248 e. The van der Waals surface area contributed by atoms with Gasteiger partial charge in [-0.05, 0) is 60.2 Å². The van der Waals surface area contributed by atoms with Crippen molar-refractivity contribution in [2.75, 3.05) is 36.4 Å². The molecule has 7 heteroatoms. The Labute approximate surface area is 226 Å². The van der Waals surface area contributed by atoms with Gasteiger partial charge in [-0.2, -0.15) is 0 Å². The number of hydrogen-bond acceptors (Lipinski definition) is 4. The van der Waals surface area contributed by atoms with Gasteiger partial charge in [0.2, 0.25) is 5.91 Å². The number of nitrogens with one attached hydrogen (secondary N) is 1. The second kappa shape index (κ2) is 11.7. The molecule has 188 valence electrons. The molecule has 1 aromatic heterocycles. The SMILES string of the molecule is O=C(/C=C/c1ccc(-c2cccc(Cl)c2Cl)o1)Nc1ccc(N2CCN(Cc3ccccc3)CC2)cc1. The van der Waals surface area contributed by atoms with Gasteiger partial charge in [0.05, 0.1) is 10.0 Å². The zero-order valence-corrected chi connectivity index (χ0v) is 21.8. The summed E-state index contributed by atoms with van der Waals surface area (Å²) in [7, 11) is 0. The number of nitrogens with zero attached hydrogens (tertiary/aromatic N) is 2. The molecule has 5 rings (SSSR count). The molecule has 1 aliphatic rings. The van der Waals surface area contributed by atoms with Crippen LogP contribution in [0.15, 0.2) is 95.4 Å². The normalized spacial score (nSPS) is 14.3. The fourth-order valence-corrected chi connectivity index (χ4v) is 4.78. The summed E-state index contributed by atoms with van der Waals surface area (Å²) in [6.45, 7) is 4.99. The van der Waals surface area contributed by atoms with Crippen LogP contribution in [-0.2, 0) is 11.3 Å². The molecule has 5 nitrogen and oxygen atoms in total. The van der Waals surface area contributed by atoms with Crippen LogP contribution >= 0.6 is 23.2 Å². The Balaban J connectivity index is 1.12. The summed E-state index contributed by atoms with van der Waals surface area (Å²) in [4.78, 5) is 17.3. The van der Waals surface area contributed by atoms with Crippen molar-refractivity contribution in [1.29, 1.82) is 0 Å². The first kappa shape index (κ1) is 25.2. The Morgan fingerprint density at radius 2 is 1.62 bits per heavy atom. The third kappa shape index (κ3) is 6.44. The van der Waals surface area contributed by atoms with Crippen LogP contribution in [0, 0.1) is 0 Å². The van der Waals surface area contributed by atoms with Gasteiger partial charge in [0.15, 0.2) is 0 Å². The monoisotopic (exact) mass is 531 g/mol. The maximum Gasteiger partial charge on any atom is 0.248 e. The van der Waals surface area contributed by atoms with Crippen molar-refractivity contribution < 1.29 is 9.21 Å². The third-order valence-electron chi connectivity index (χ3n) is 6.36. The molecule has 1 N–H and O–H groups in total. The molecule has 0 unspecified atom stereocenters. The Kier molecular flexibility index (Phi) is 7.95. The van der Waals surface area contributed by atoms with Crippen LogP contribution in [0.3, 0.4) is 0 Å². The summed E-state index contributed by atoms with van der Waals surface area (Å²) in [6.07, 6.45) is 3.07. The molecule has 1 saturated heterocycles. The van der Waals surface area contributed by atoms with E-state index < -0.39 is 0 Å². The van der Waals surface area contributed by atoms with E-state index in [0.717, 1.165) is 44.1 Å². The number of rotatable bonds is 7. The zero-order valence-electron chi connectivity index (χ0n) is 20.2. The summed E-state index contributed by atoms with van der Waals surface area (Å²) >= 11 is 12.4. The van der Waals surface area contributed by atoms with Gasteiger partial charge in [-0.15, -0.1) is 0 Å². The molecule has 1 fully saturated rings. The molecule has 0 spiro atoms. The maximum atomic E-state index is 12.4. The van der Waals surface area contributed by atoms with Crippen LogP contribution in [0.2, 0.25) is 10.0 Å². The number of furan rings is 1. The van der Waals surface area contributed by atoms with Crippen LogP contribution in [0.1, 0.15) is 11.3 Å². The number of halogens is 2. The Morgan fingerprint density at radius 1 is 0.865 bits per heavy atom. The van der Waals surface area contributed by atoms with Crippen molar-refractivity contribution in [3.05, 3.63) is 112 Å². The third-order valence-corrected chi connectivity index (χ3v) is 7.18. The van der Waals surface area contributed by atoms with Crippen LogP contribution in [-0.4, -0.2) is 37.0 Å². The quantitative estimate of drug-likeness (QED) is 0.255. The summed E-state index contributed by atoms with van der Waals surface area (Å²) in [5.74, 6) is 0.896. The fraction of sp³-hybridized carbons (Fsp3) is 0.167. The van der Waals surface area contributed by atoms with Gasteiger partial charge >= 0.3 is 0 Å². The molecule has 2 heterocycles. The summed E-state index contributed by atoms with van der Waals surface area (Å²) in [5, 5.41) is 3.80. The van der Waals surface area contributed by atoms with Crippen molar-refractivity contribution in [3.63, 3.8) is 0 Å². The summed E-state index contributed by atoms with van der Waals surface area (Å²) in [6, 6.07) is 27.5. The molecule has 4 aromatic rings. The number of carbonyl (C=O) groups excluding carboxylic acids is 1. The van der Waals surface area contributed by atoms with E-state index in [1.807, 2.05) is 24.3 Å². The van der Waals surface area contributed by atoms with Gasteiger partial charge < -0.3 is 14.6 Å². The van der Waals surface area contributed by atoms with Crippen LogP contribution < -0.4 is 10.2 Å². The number of hydrogen-bond donors (Lipinski definition) is 1. The van der Waals surface area contributed by atoms with Crippen LogP contribution in [0.5, 0.6) is 0 Å². The topological polar surface area (TPSA) is 48.7 Å². The lowest BCUT2D eigenvalue weighted by atomic mass is 10.2. The highest BCUT2D eigenvalue weighted by molar-refractivity contribution is 6.43. The van der Waals surface area contributed by atoms with E-state index in [9.17, 15) is 4.79 Å². The molecular formula is C30H27Cl2N3O2. The molecule has 0 saturated carbocycles. The maximum absolute atomic E-state index is 12.4. The first-order chi connectivity index (χ1) is 18.0. The molecule has 1 amide bonds. The van der Waals surface area contributed by atoms with E-state index in [1.165, 1.54) is 11.6 Å². The van der Waals surface area contributed by atoms with E-state index in [4.69, 9.17) is 27.6 Å². The minimum atomic E-state index is -0.235. The highest BCUT2D eigenvalue weighted by Gasteiger charge is 2.17. The summed E-state index contributed by atoms with van der Waals surface area (Å²) in [5.41, 5.74) is 3.96. The molecule has 37 heavy (non-hydrogen) atoms. The largest absolute Gasteiger partial charge is 0.457 e. The fourth-order valence-electron chi connectivity index (χ4n) is 4.38. The van der Waals surface area contributed by atoms with Crippen molar-refractivity contribution in [2.24, 2.45) is 0 Å². The second-order valence-corrected chi connectivity index (χ2v) is 9.71. The highest BCUT2D eigenvalue weighted by atomic mass is 35.5. The molecular weight excluding hydrogens is 505 g/mol. The molecule has 0 radical (unpaired) electrons. The first-order valence-electron chi connectivity index (χ1n) is 12.2. The van der Waals surface area contributed by atoms with Crippen LogP contribution in [0.25, 0.3) is 17.4 Å². The summed E-state index contributed by atoms with van der Waals surface area (Å²) < 4.78 is 5.81. The zero-order chi connectivity index (χ0) is 25.6. The molecule has 3 aromatic carbocycles. The second-order valence-electron chi connectivity index (χ2n) is 8.92. The van der Waals surface area contributed by atoms with E-state index in [2.05, 4.69) is 57.6 Å².